The molecule has 7 heteroatoms. The molecule has 0 atom stereocenters. The average Bonchev–Trinajstić information content (AvgIpc) is 3.01. The van der Waals surface area contributed by atoms with Gasteiger partial charge in [0, 0.05) is 17.7 Å². The van der Waals surface area contributed by atoms with Crippen LogP contribution >= 0.6 is 11.3 Å². The van der Waals surface area contributed by atoms with E-state index >= 15 is 0 Å². The van der Waals surface area contributed by atoms with Gasteiger partial charge in [-0.2, -0.15) is 0 Å². The number of benzene rings is 2. The van der Waals surface area contributed by atoms with E-state index in [0.29, 0.717) is 18.7 Å². The first-order valence-electron chi connectivity index (χ1n) is 7.32. The predicted octanol–water partition coefficient (Wildman–Crippen LogP) is 4.15. The number of fused-ring (bicyclic) bond motifs is 2. The van der Waals surface area contributed by atoms with E-state index < -0.39 is 4.92 Å². The van der Waals surface area contributed by atoms with Crippen LogP contribution in [0.1, 0.15) is 10.6 Å². The molecule has 2 aromatic carbocycles. The van der Waals surface area contributed by atoms with Crippen molar-refractivity contribution in [3.05, 3.63) is 57.1 Å². The van der Waals surface area contributed by atoms with Crippen LogP contribution in [0.3, 0.4) is 0 Å². The Morgan fingerprint density at radius 3 is 2.92 bits per heavy atom. The minimum atomic E-state index is -0.415. The van der Waals surface area contributed by atoms with Gasteiger partial charge in [0.2, 0.25) is 0 Å². The van der Waals surface area contributed by atoms with E-state index in [1.807, 2.05) is 30.4 Å². The van der Waals surface area contributed by atoms with E-state index in [9.17, 15) is 10.1 Å². The molecule has 0 fully saturated rings. The molecule has 0 saturated heterocycles. The normalized spacial score (nSPS) is 13.5. The summed E-state index contributed by atoms with van der Waals surface area (Å²) in [6, 6.07) is 10.4. The van der Waals surface area contributed by atoms with Crippen LogP contribution in [0.2, 0.25) is 0 Å². The van der Waals surface area contributed by atoms with Gasteiger partial charge >= 0.3 is 0 Å². The molecule has 1 aromatic heterocycles. The standard InChI is InChI=1S/C17H12N2O4S/c20-19(21)12-5-6-15-13(10-12)18-16(24-15)7-4-11-2-1-3-14-17(11)23-9-8-22-14/h1-7,10H,8-9H2. The van der Waals surface area contributed by atoms with Gasteiger partial charge in [-0.15, -0.1) is 11.3 Å². The maximum atomic E-state index is 10.8. The van der Waals surface area contributed by atoms with Crippen LogP contribution in [0.25, 0.3) is 22.4 Å². The molecule has 4 rings (SSSR count). The molecule has 1 aliphatic rings. The topological polar surface area (TPSA) is 74.5 Å². The Bertz CT molecular complexity index is 964. The summed E-state index contributed by atoms with van der Waals surface area (Å²) in [5.74, 6) is 1.47. The van der Waals surface area contributed by atoms with Gasteiger partial charge in [-0.05, 0) is 24.3 Å². The Morgan fingerprint density at radius 1 is 1.17 bits per heavy atom. The van der Waals surface area contributed by atoms with Gasteiger partial charge in [-0.1, -0.05) is 12.1 Å². The van der Waals surface area contributed by atoms with Crippen LogP contribution < -0.4 is 9.47 Å². The van der Waals surface area contributed by atoms with E-state index in [1.54, 1.807) is 6.07 Å². The molecule has 3 aromatic rings. The summed E-state index contributed by atoms with van der Waals surface area (Å²) in [6.45, 7) is 1.08. The van der Waals surface area contributed by atoms with Crippen molar-refractivity contribution < 1.29 is 14.4 Å². The number of non-ortho nitro benzene ring substituents is 1. The lowest BCUT2D eigenvalue weighted by molar-refractivity contribution is -0.384. The number of thiazole rings is 1. The van der Waals surface area contributed by atoms with E-state index in [4.69, 9.17) is 9.47 Å². The summed E-state index contributed by atoms with van der Waals surface area (Å²) in [7, 11) is 0. The number of hydrogen-bond donors (Lipinski definition) is 0. The number of nitro benzene ring substituents is 1. The molecule has 0 radical (unpaired) electrons. The summed E-state index contributed by atoms with van der Waals surface area (Å²) in [4.78, 5) is 14.9. The molecular weight excluding hydrogens is 328 g/mol. The lowest BCUT2D eigenvalue weighted by atomic mass is 10.1. The highest BCUT2D eigenvalue weighted by atomic mass is 32.1. The lowest BCUT2D eigenvalue weighted by Crippen LogP contribution is -2.15. The Hall–Kier alpha value is -2.93. The molecule has 0 saturated carbocycles. The van der Waals surface area contributed by atoms with Crippen LogP contribution in [0.5, 0.6) is 11.5 Å². The zero-order chi connectivity index (χ0) is 16.5. The fourth-order valence-corrected chi connectivity index (χ4v) is 3.36. The first-order valence-corrected chi connectivity index (χ1v) is 8.14. The first-order chi connectivity index (χ1) is 11.7. The Kier molecular flexibility index (Phi) is 3.62. The second kappa shape index (κ2) is 5.93. The second-order valence-corrected chi connectivity index (χ2v) is 6.23. The summed E-state index contributed by atoms with van der Waals surface area (Å²) in [5.41, 5.74) is 1.59. The number of aromatic nitrogens is 1. The van der Waals surface area contributed by atoms with Crippen molar-refractivity contribution in [2.75, 3.05) is 13.2 Å². The lowest BCUT2D eigenvalue weighted by Gasteiger charge is -2.19. The summed E-state index contributed by atoms with van der Waals surface area (Å²) in [6.07, 6.45) is 3.80. The molecule has 2 heterocycles. The van der Waals surface area contributed by atoms with Crippen LogP contribution in [0, 0.1) is 10.1 Å². The summed E-state index contributed by atoms with van der Waals surface area (Å²) < 4.78 is 12.2. The van der Waals surface area contributed by atoms with E-state index in [1.165, 1.54) is 23.5 Å². The summed E-state index contributed by atoms with van der Waals surface area (Å²) in [5, 5.41) is 11.6. The number of nitro groups is 1. The van der Waals surface area contributed by atoms with E-state index in [2.05, 4.69) is 4.98 Å². The molecule has 0 bridgehead atoms. The maximum Gasteiger partial charge on any atom is 0.271 e. The molecule has 0 N–H and O–H groups in total. The van der Waals surface area contributed by atoms with Crippen molar-refractivity contribution >= 4 is 39.4 Å². The third kappa shape index (κ3) is 2.69. The van der Waals surface area contributed by atoms with Gasteiger partial charge in [-0.3, -0.25) is 10.1 Å². The van der Waals surface area contributed by atoms with Crippen molar-refractivity contribution in [3.63, 3.8) is 0 Å². The van der Waals surface area contributed by atoms with E-state index in [0.717, 1.165) is 26.8 Å². The molecule has 0 unspecified atom stereocenters. The zero-order valence-electron chi connectivity index (χ0n) is 12.5. The monoisotopic (exact) mass is 340 g/mol. The molecule has 120 valence electrons. The largest absolute Gasteiger partial charge is 0.486 e. The van der Waals surface area contributed by atoms with Gasteiger partial charge in [0.15, 0.2) is 11.5 Å². The van der Waals surface area contributed by atoms with Crippen LogP contribution in [0.15, 0.2) is 36.4 Å². The first kappa shape index (κ1) is 14.6. The van der Waals surface area contributed by atoms with Crippen molar-refractivity contribution in [1.29, 1.82) is 0 Å². The second-order valence-electron chi connectivity index (χ2n) is 5.17. The highest BCUT2D eigenvalue weighted by Crippen LogP contribution is 2.35. The smallest absolute Gasteiger partial charge is 0.271 e. The molecule has 1 aliphatic heterocycles. The molecule has 24 heavy (non-hydrogen) atoms. The molecule has 6 nitrogen and oxygen atoms in total. The number of nitrogens with zero attached hydrogens (tertiary/aromatic N) is 2. The highest BCUT2D eigenvalue weighted by molar-refractivity contribution is 7.19. The predicted molar refractivity (Wildman–Crippen MR) is 92.6 cm³/mol. The third-order valence-electron chi connectivity index (χ3n) is 3.60. The fraction of sp³-hybridized carbons (Fsp3) is 0.118. The van der Waals surface area contributed by atoms with Crippen molar-refractivity contribution in [2.24, 2.45) is 0 Å². The van der Waals surface area contributed by atoms with Crippen molar-refractivity contribution in [2.45, 2.75) is 0 Å². The fourth-order valence-electron chi connectivity index (χ4n) is 2.51. The van der Waals surface area contributed by atoms with Crippen molar-refractivity contribution in [1.82, 2.24) is 4.98 Å². The van der Waals surface area contributed by atoms with Crippen molar-refractivity contribution in [3.8, 4) is 11.5 Å². The molecule has 0 amide bonds. The maximum absolute atomic E-state index is 10.8. The van der Waals surface area contributed by atoms with Gasteiger partial charge in [0.25, 0.3) is 5.69 Å². The Balaban J connectivity index is 1.67. The molecular formula is C17H12N2O4S. The number of hydrogen-bond acceptors (Lipinski definition) is 6. The van der Waals surface area contributed by atoms with Gasteiger partial charge in [0.1, 0.15) is 18.2 Å². The third-order valence-corrected chi connectivity index (χ3v) is 4.60. The van der Waals surface area contributed by atoms with E-state index in [-0.39, 0.29) is 5.69 Å². The number of rotatable bonds is 3. The molecule has 0 aliphatic carbocycles. The summed E-state index contributed by atoms with van der Waals surface area (Å²) >= 11 is 1.48. The van der Waals surface area contributed by atoms with Crippen LogP contribution in [0.4, 0.5) is 5.69 Å². The highest BCUT2D eigenvalue weighted by Gasteiger charge is 2.14. The SMILES string of the molecule is O=[N+]([O-])c1ccc2sc(C=Cc3cccc4c3OCCO4)nc2c1. The minimum absolute atomic E-state index is 0.0472. The molecule has 0 spiro atoms. The number of ether oxygens (including phenoxy) is 2. The average molecular weight is 340 g/mol. The minimum Gasteiger partial charge on any atom is -0.486 e. The van der Waals surface area contributed by atoms with Gasteiger partial charge in [0.05, 0.1) is 15.1 Å². The quantitative estimate of drug-likeness (QED) is 0.529. The zero-order valence-corrected chi connectivity index (χ0v) is 13.3. The van der Waals surface area contributed by atoms with Crippen LogP contribution in [-0.2, 0) is 0 Å². The van der Waals surface area contributed by atoms with Crippen LogP contribution in [-0.4, -0.2) is 23.1 Å². The number of para-hydroxylation sites is 1. The Labute approximate surface area is 141 Å². The van der Waals surface area contributed by atoms with Gasteiger partial charge in [-0.25, -0.2) is 4.98 Å². The Morgan fingerprint density at radius 2 is 2.04 bits per heavy atom. The van der Waals surface area contributed by atoms with Gasteiger partial charge < -0.3 is 9.47 Å².